The highest BCUT2D eigenvalue weighted by atomic mass is 16.7. The summed E-state index contributed by atoms with van der Waals surface area (Å²) >= 11 is 0. The van der Waals surface area contributed by atoms with E-state index in [-0.39, 0.29) is 18.3 Å². The van der Waals surface area contributed by atoms with Crippen LogP contribution in [0, 0.1) is 0 Å². The minimum Gasteiger partial charge on any atom is -0.388 e. The third-order valence-corrected chi connectivity index (χ3v) is 3.33. The van der Waals surface area contributed by atoms with E-state index in [1.165, 1.54) is 0 Å². The maximum Gasteiger partial charge on any atom is 0.184 e. The van der Waals surface area contributed by atoms with Crippen molar-refractivity contribution in [2.45, 2.75) is 37.6 Å². The van der Waals surface area contributed by atoms with Gasteiger partial charge in [-0.1, -0.05) is 30.3 Å². The van der Waals surface area contributed by atoms with Gasteiger partial charge in [-0.2, -0.15) is 0 Å². The summed E-state index contributed by atoms with van der Waals surface area (Å²) in [5.74, 6) is 0. The molecule has 2 heterocycles. The monoisotopic (exact) mass is 236 g/mol. The Morgan fingerprint density at radius 2 is 1.82 bits per heavy atom. The average Bonchev–Trinajstić information content (AvgIpc) is 2.81. The predicted octanol–water partition coefficient (Wildman–Crippen LogP) is 1.25. The molecule has 1 aromatic rings. The number of fused-ring (bicyclic) bond motifs is 1. The molecule has 1 N–H and O–H groups in total. The van der Waals surface area contributed by atoms with E-state index in [0.717, 1.165) is 5.56 Å². The second-order valence-corrected chi connectivity index (χ2v) is 4.55. The van der Waals surface area contributed by atoms with Gasteiger partial charge in [-0.05, 0) is 6.92 Å². The highest BCUT2D eigenvalue weighted by Gasteiger charge is 2.47. The molecule has 0 aromatic heterocycles. The van der Waals surface area contributed by atoms with Gasteiger partial charge in [0, 0.05) is 5.56 Å². The highest BCUT2D eigenvalue weighted by molar-refractivity contribution is 5.17. The minimum atomic E-state index is -0.607. The van der Waals surface area contributed by atoms with Gasteiger partial charge in [0.15, 0.2) is 6.29 Å². The van der Waals surface area contributed by atoms with Gasteiger partial charge in [0.1, 0.15) is 18.3 Å². The van der Waals surface area contributed by atoms with Gasteiger partial charge in [0.2, 0.25) is 0 Å². The molecule has 4 nitrogen and oxygen atoms in total. The molecule has 1 aromatic carbocycles. The standard InChI is InChI=1S/C13H16O4/c1-8-11-12(10(14)7-15-8)17-13(16-11)9-5-3-2-4-6-9/h2-6,8,10-14H,7H2,1H3/t8?,10?,11-,12-,13-/m1/s1. The largest absolute Gasteiger partial charge is 0.388 e. The van der Waals surface area contributed by atoms with Crippen molar-refractivity contribution in [3.8, 4) is 0 Å². The molecule has 0 radical (unpaired) electrons. The Labute approximate surface area is 100 Å². The van der Waals surface area contributed by atoms with Crippen LogP contribution in [0.15, 0.2) is 30.3 Å². The minimum absolute atomic E-state index is 0.0443. The van der Waals surface area contributed by atoms with E-state index in [4.69, 9.17) is 14.2 Å². The molecule has 3 rings (SSSR count). The van der Waals surface area contributed by atoms with E-state index in [2.05, 4.69) is 0 Å². The Hall–Kier alpha value is -0.940. The fourth-order valence-electron chi connectivity index (χ4n) is 2.37. The van der Waals surface area contributed by atoms with E-state index in [0.29, 0.717) is 6.61 Å². The fraction of sp³-hybridized carbons (Fsp3) is 0.538. The first-order valence-corrected chi connectivity index (χ1v) is 5.91. The van der Waals surface area contributed by atoms with Gasteiger partial charge in [0.05, 0.1) is 12.7 Å². The molecule has 92 valence electrons. The van der Waals surface area contributed by atoms with Crippen LogP contribution in [0.4, 0.5) is 0 Å². The maximum atomic E-state index is 9.83. The summed E-state index contributed by atoms with van der Waals surface area (Å²) in [7, 11) is 0. The number of hydrogen-bond acceptors (Lipinski definition) is 4. The zero-order valence-corrected chi connectivity index (χ0v) is 9.65. The number of rotatable bonds is 1. The van der Waals surface area contributed by atoms with E-state index >= 15 is 0 Å². The van der Waals surface area contributed by atoms with Crippen LogP contribution < -0.4 is 0 Å². The van der Waals surface area contributed by atoms with E-state index in [1.54, 1.807) is 0 Å². The van der Waals surface area contributed by atoms with Gasteiger partial charge in [0.25, 0.3) is 0 Å². The molecule has 2 fully saturated rings. The summed E-state index contributed by atoms with van der Waals surface area (Å²) in [6.07, 6.45) is -1.53. The van der Waals surface area contributed by atoms with Crippen LogP contribution in [0.1, 0.15) is 18.8 Å². The zero-order valence-electron chi connectivity index (χ0n) is 9.65. The molecule has 2 aliphatic rings. The Morgan fingerprint density at radius 1 is 1.12 bits per heavy atom. The van der Waals surface area contributed by atoms with Crippen molar-refractivity contribution in [1.29, 1.82) is 0 Å². The number of hydrogen-bond donors (Lipinski definition) is 1. The Kier molecular flexibility index (Phi) is 2.88. The molecule has 0 aliphatic carbocycles. The van der Waals surface area contributed by atoms with E-state index in [1.807, 2.05) is 37.3 Å². The maximum absolute atomic E-state index is 9.83. The zero-order chi connectivity index (χ0) is 11.8. The summed E-state index contributed by atoms with van der Waals surface area (Å²) in [6, 6.07) is 9.76. The molecular weight excluding hydrogens is 220 g/mol. The first kappa shape index (κ1) is 11.2. The van der Waals surface area contributed by atoms with Gasteiger partial charge in [-0.15, -0.1) is 0 Å². The number of aliphatic hydroxyl groups excluding tert-OH is 1. The lowest BCUT2D eigenvalue weighted by Crippen LogP contribution is -2.50. The second kappa shape index (κ2) is 4.38. The molecule has 0 spiro atoms. The van der Waals surface area contributed by atoms with Crippen molar-refractivity contribution >= 4 is 0 Å². The predicted molar refractivity (Wildman–Crippen MR) is 60.3 cm³/mol. The highest BCUT2D eigenvalue weighted by Crippen LogP contribution is 2.36. The second-order valence-electron chi connectivity index (χ2n) is 4.55. The van der Waals surface area contributed by atoms with Crippen LogP contribution in [-0.4, -0.2) is 36.1 Å². The number of aliphatic hydroxyl groups is 1. The molecule has 0 amide bonds. The molecule has 17 heavy (non-hydrogen) atoms. The summed E-state index contributed by atoms with van der Waals surface area (Å²) in [5, 5.41) is 9.83. The third-order valence-electron chi connectivity index (χ3n) is 3.33. The van der Waals surface area contributed by atoms with Crippen molar-refractivity contribution in [3.05, 3.63) is 35.9 Å². The van der Waals surface area contributed by atoms with Crippen molar-refractivity contribution in [2.24, 2.45) is 0 Å². The number of benzene rings is 1. The molecule has 4 heteroatoms. The van der Waals surface area contributed by atoms with Crippen LogP contribution in [0.2, 0.25) is 0 Å². The average molecular weight is 236 g/mol. The fourth-order valence-corrected chi connectivity index (χ4v) is 2.37. The molecule has 0 saturated carbocycles. The van der Waals surface area contributed by atoms with Crippen molar-refractivity contribution in [3.63, 3.8) is 0 Å². The Bertz CT molecular complexity index is 362. The van der Waals surface area contributed by atoms with Crippen LogP contribution in [-0.2, 0) is 14.2 Å². The molecule has 2 saturated heterocycles. The van der Waals surface area contributed by atoms with Crippen molar-refractivity contribution < 1.29 is 19.3 Å². The van der Waals surface area contributed by atoms with Crippen LogP contribution in [0.5, 0.6) is 0 Å². The summed E-state index contributed by atoms with van der Waals surface area (Å²) in [5.41, 5.74) is 0.973. The van der Waals surface area contributed by atoms with Gasteiger partial charge >= 0.3 is 0 Å². The van der Waals surface area contributed by atoms with Crippen molar-refractivity contribution in [1.82, 2.24) is 0 Å². The lowest BCUT2D eigenvalue weighted by molar-refractivity contribution is -0.136. The SMILES string of the molecule is CC1OCC(O)[C@H]2O[C@H](c3ccccc3)O[C@H]12. The summed E-state index contributed by atoms with van der Waals surface area (Å²) in [6.45, 7) is 2.26. The number of ether oxygens (including phenoxy) is 3. The Balaban J connectivity index is 1.80. The first-order valence-electron chi connectivity index (χ1n) is 5.91. The van der Waals surface area contributed by atoms with Crippen LogP contribution in [0.25, 0.3) is 0 Å². The molecule has 2 unspecified atom stereocenters. The normalized spacial score (nSPS) is 41.2. The topological polar surface area (TPSA) is 47.9 Å². The summed E-state index contributed by atoms with van der Waals surface area (Å²) < 4.78 is 17.0. The lowest BCUT2D eigenvalue weighted by Gasteiger charge is -2.32. The lowest BCUT2D eigenvalue weighted by atomic mass is 10.0. The first-order chi connectivity index (χ1) is 8.25. The smallest absolute Gasteiger partial charge is 0.184 e. The van der Waals surface area contributed by atoms with Gasteiger partial charge in [-0.25, -0.2) is 0 Å². The van der Waals surface area contributed by atoms with Crippen molar-refractivity contribution in [2.75, 3.05) is 6.61 Å². The van der Waals surface area contributed by atoms with Gasteiger partial charge < -0.3 is 19.3 Å². The molecular formula is C13H16O4. The van der Waals surface area contributed by atoms with E-state index in [9.17, 15) is 5.11 Å². The van der Waals surface area contributed by atoms with Crippen LogP contribution in [0.3, 0.4) is 0 Å². The quantitative estimate of drug-likeness (QED) is 0.797. The molecule has 2 aliphatic heterocycles. The Morgan fingerprint density at radius 3 is 2.53 bits per heavy atom. The molecule has 0 bridgehead atoms. The summed E-state index contributed by atoms with van der Waals surface area (Å²) in [4.78, 5) is 0. The van der Waals surface area contributed by atoms with Crippen LogP contribution >= 0.6 is 0 Å². The van der Waals surface area contributed by atoms with Gasteiger partial charge in [-0.3, -0.25) is 0 Å². The molecule has 5 atom stereocenters. The van der Waals surface area contributed by atoms with E-state index < -0.39 is 12.4 Å². The third kappa shape index (κ3) is 1.98.